The maximum atomic E-state index is 12.8. The zero-order valence-electron chi connectivity index (χ0n) is 13.7. The van der Waals surface area contributed by atoms with Gasteiger partial charge in [-0.3, -0.25) is 9.59 Å². The lowest BCUT2D eigenvalue weighted by Gasteiger charge is -2.04. The predicted molar refractivity (Wildman–Crippen MR) is 95.3 cm³/mol. The van der Waals surface area contributed by atoms with E-state index in [2.05, 4.69) is 20.2 Å². The number of hydrogen-bond acceptors (Lipinski definition) is 5. The van der Waals surface area contributed by atoms with Gasteiger partial charge in [0.1, 0.15) is 5.65 Å². The first-order chi connectivity index (χ1) is 12.6. The fourth-order valence-electron chi connectivity index (χ4n) is 3.15. The van der Waals surface area contributed by atoms with Crippen LogP contribution >= 0.6 is 0 Å². The summed E-state index contributed by atoms with van der Waals surface area (Å²) in [4.78, 5) is 32.2. The van der Waals surface area contributed by atoms with Crippen LogP contribution < -0.4 is 5.56 Å². The van der Waals surface area contributed by atoms with E-state index in [9.17, 15) is 9.59 Å². The van der Waals surface area contributed by atoms with Crippen molar-refractivity contribution in [1.29, 1.82) is 0 Å². The summed E-state index contributed by atoms with van der Waals surface area (Å²) in [7, 11) is 0. The van der Waals surface area contributed by atoms with Gasteiger partial charge in [0, 0.05) is 17.8 Å². The van der Waals surface area contributed by atoms with Crippen LogP contribution in [0, 0.1) is 6.92 Å². The third-order valence-electron chi connectivity index (χ3n) is 4.31. The van der Waals surface area contributed by atoms with Crippen LogP contribution in [0.3, 0.4) is 0 Å². The van der Waals surface area contributed by atoms with Crippen LogP contribution in [0.1, 0.15) is 16.1 Å². The number of aryl methyl sites for hydroxylation is 1. The highest BCUT2D eigenvalue weighted by molar-refractivity contribution is 6.07. The molecule has 0 aliphatic heterocycles. The molecule has 0 saturated carbocycles. The van der Waals surface area contributed by atoms with Crippen molar-refractivity contribution >= 4 is 33.5 Å². The summed E-state index contributed by atoms with van der Waals surface area (Å²) in [5, 5.41) is 9.64. The molecule has 0 fully saturated rings. The van der Waals surface area contributed by atoms with Crippen LogP contribution in [0.5, 0.6) is 0 Å². The molecule has 0 unspecified atom stereocenters. The molecule has 0 atom stereocenters. The van der Waals surface area contributed by atoms with E-state index in [1.54, 1.807) is 41.0 Å². The van der Waals surface area contributed by atoms with E-state index in [1.165, 1.54) is 10.9 Å². The average molecular weight is 344 g/mol. The van der Waals surface area contributed by atoms with Gasteiger partial charge in [0.2, 0.25) is 0 Å². The molecular formula is C18H12N6O2. The number of carbonyl (C=O) groups excluding carboxylic acids is 1. The number of pyridine rings is 1. The molecule has 0 saturated heterocycles. The summed E-state index contributed by atoms with van der Waals surface area (Å²) in [5.41, 5.74) is 2.55. The molecule has 1 aromatic carbocycles. The second-order valence-electron chi connectivity index (χ2n) is 6.02. The SMILES string of the molecule is Cc1cc2[nH]c(=O)c3cnc4c(cnn4C(=O)c4ccccc4)c3n2n1. The van der Waals surface area contributed by atoms with Crippen molar-refractivity contribution in [2.24, 2.45) is 0 Å². The van der Waals surface area contributed by atoms with Gasteiger partial charge in [0.25, 0.3) is 11.5 Å². The van der Waals surface area contributed by atoms with Crippen molar-refractivity contribution in [3.05, 3.63) is 70.4 Å². The molecule has 0 aliphatic rings. The minimum Gasteiger partial charge on any atom is -0.306 e. The molecule has 4 heterocycles. The van der Waals surface area contributed by atoms with Crippen molar-refractivity contribution in [2.45, 2.75) is 6.92 Å². The Morgan fingerprint density at radius 3 is 2.73 bits per heavy atom. The van der Waals surface area contributed by atoms with Gasteiger partial charge >= 0.3 is 0 Å². The van der Waals surface area contributed by atoms with Crippen molar-refractivity contribution in [3.8, 4) is 0 Å². The maximum absolute atomic E-state index is 12.8. The average Bonchev–Trinajstić information content (AvgIpc) is 3.24. The van der Waals surface area contributed by atoms with E-state index >= 15 is 0 Å². The van der Waals surface area contributed by atoms with Crippen molar-refractivity contribution in [1.82, 2.24) is 29.4 Å². The number of aromatic nitrogens is 6. The number of carbonyl (C=O) groups is 1. The van der Waals surface area contributed by atoms with Crippen molar-refractivity contribution in [2.75, 3.05) is 0 Å². The molecule has 1 N–H and O–H groups in total. The lowest BCUT2D eigenvalue weighted by atomic mass is 10.2. The summed E-state index contributed by atoms with van der Waals surface area (Å²) >= 11 is 0. The number of aromatic amines is 1. The number of rotatable bonds is 1. The van der Waals surface area contributed by atoms with Crippen LogP contribution in [-0.2, 0) is 0 Å². The Hall–Kier alpha value is -3.81. The van der Waals surface area contributed by atoms with Crippen LogP contribution in [0.4, 0.5) is 0 Å². The Bertz CT molecular complexity index is 1380. The fraction of sp³-hybridized carbons (Fsp3) is 0.0556. The maximum Gasteiger partial charge on any atom is 0.280 e. The van der Waals surface area contributed by atoms with E-state index in [1.807, 2.05) is 13.0 Å². The number of nitrogens with one attached hydrogen (secondary N) is 1. The van der Waals surface area contributed by atoms with Crippen LogP contribution in [0.2, 0.25) is 0 Å². The standard InChI is InChI=1S/C18H12N6O2/c1-10-7-14-21-17(25)13-8-19-16-12(15(13)23(14)22-10)9-20-24(16)18(26)11-5-3-2-4-6-11/h2-9H,1H3,(H,21,25). The van der Waals surface area contributed by atoms with Gasteiger partial charge in [-0.1, -0.05) is 18.2 Å². The first-order valence-electron chi connectivity index (χ1n) is 7.98. The summed E-state index contributed by atoms with van der Waals surface area (Å²) in [6.07, 6.45) is 2.99. The topological polar surface area (TPSA) is 97.9 Å². The van der Waals surface area contributed by atoms with Crippen LogP contribution in [-0.4, -0.2) is 35.3 Å². The lowest BCUT2D eigenvalue weighted by molar-refractivity contribution is 0.0950. The van der Waals surface area contributed by atoms with E-state index in [4.69, 9.17) is 0 Å². The molecule has 126 valence electrons. The summed E-state index contributed by atoms with van der Waals surface area (Å²) in [6, 6.07) is 10.6. The molecule has 5 rings (SSSR count). The Labute approximate surface area is 145 Å². The Kier molecular flexibility index (Phi) is 2.84. The van der Waals surface area contributed by atoms with Crippen molar-refractivity contribution in [3.63, 3.8) is 0 Å². The molecule has 0 bridgehead atoms. The summed E-state index contributed by atoms with van der Waals surface area (Å²) in [5.74, 6) is -0.287. The highest BCUT2D eigenvalue weighted by Crippen LogP contribution is 2.22. The first kappa shape index (κ1) is 14.5. The lowest BCUT2D eigenvalue weighted by Crippen LogP contribution is -2.14. The zero-order chi connectivity index (χ0) is 17.8. The molecule has 5 aromatic rings. The molecule has 26 heavy (non-hydrogen) atoms. The molecule has 8 nitrogen and oxygen atoms in total. The Balaban J connectivity index is 1.87. The molecule has 8 heteroatoms. The molecule has 0 radical (unpaired) electrons. The van der Waals surface area contributed by atoms with Crippen LogP contribution in [0.15, 0.2) is 53.6 Å². The monoisotopic (exact) mass is 344 g/mol. The van der Waals surface area contributed by atoms with E-state index < -0.39 is 0 Å². The third-order valence-corrected chi connectivity index (χ3v) is 4.31. The van der Waals surface area contributed by atoms with Gasteiger partial charge in [-0.05, 0) is 19.1 Å². The third kappa shape index (κ3) is 1.92. The molecule has 0 aliphatic carbocycles. The van der Waals surface area contributed by atoms with Gasteiger partial charge in [-0.25, -0.2) is 9.50 Å². The number of benzene rings is 1. The quantitative estimate of drug-likeness (QED) is 0.501. The Morgan fingerprint density at radius 1 is 1.12 bits per heavy atom. The van der Waals surface area contributed by atoms with E-state index in [-0.39, 0.29) is 11.5 Å². The molecule has 0 spiro atoms. The molecule has 0 amide bonds. The highest BCUT2D eigenvalue weighted by Gasteiger charge is 2.18. The second kappa shape index (κ2) is 5.09. The summed E-state index contributed by atoms with van der Waals surface area (Å²) in [6.45, 7) is 1.85. The number of nitrogens with zero attached hydrogens (tertiary/aromatic N) is 5. The van der Waals surface area contributed by atoms with Gasteiger partial charge < -0.3 is 4.98 Å². The molecular weight excluding hydrogens is 332 g/mol. The number of fused-ring (bicyclic) bond motifs is 5. The second-order valence-corrected chi connectivity index (χ2v) is 6.02. The smallest absolute Gasteiger partial charge is 0.280 e. The fourth-order valence-corrected chi connectivity index (χ4v) is 3.15. The minimum atomic E-state index is -0.287. The number of H-pyrrole nitrogens is 1. The van der Waals surface area contributed by atoms with Gasteiger partial charge in [-0.15, -0.1) is 0 Å². The number of hydrogen-bond donors (Lipinski definition) is 1. The minimum absolute atomic E-state index is 0.260. The van der Waals surface area contributed by atoms with Gasteiger partial charge in [-0.2, -0.15) is 14.9 Å². The normalized spacial score (nSPS) is 11.6. The van der Waals surface area contributed by atoms with Crippen LogP contribution in [0.25, 0.3) is 27.6 Å². The van der Waals surface area contributed by atoms with Crippen molar-refractivity contribution < 1.29 is 4.79 Å². The highest BCUT2D eigenvalue weighted by atomic mass is 16.2. The zero-order valence-corrected chi connectivity index (χ0v) is 13.7. The Morgan fingerprint density at radius 2 is 1.92 bits per heavy atom. The van der Waals surface area contributed by atoms with E-state index in [0.717, 1.165) is 5.69 Å². The van der Waals surface area contributed by atoms with E-state index in [0.29, 0.717) is 33.1 Å². The van der Waals surface area contributed by atoms with Gasteiger partial charge in [0.05, 0.1) is 28.2 Å². The van der Waals surface area contributed by atoms with Gasteiger partial charge in [0.15, 0.2) is 5.65 Å². The first-order valence-corrected chi connectivity index (χ1v) is 7.98. The largest absolute Gasteiger partial charge is 0.306 e. The predicted octanol–water partition coefficient (Wildman–Crippen LogP) is 1.92. The molecule has 4 aromatic heterocycles. The summed E-state index contributed by atoms with van der Waals surface area (Å²) < 4.78 is 2.89.